The van der Waals surface area contributed by atoms with Crippen molar-refractivity contribution in [2.75, 3.05) is 37.2 Å². The van der Waals surface area contributed by atoms with Gasteiger partial charge in [0.1, 0.15) is 0 Å². The van der Waals surface area contributed by atoms with Gasteiger partial charge in [0.15, 0.2) is 0 Å². The van der Waals surface area contributed by atoms with Gasteiger partial charge in [-0.1, -0.05) is 6.07 Å². The van der Waals surface area contributed by atoms with Crippen molar-refractivity contribution in [1.29, 1.82) is 0 Å². The molecule has 2 aromatic rings. The van der Waals surface area contributed by atoms with E-state index in [0.717, 1.165) is 11.4 Å². The summed E-state index contributed by atoms with van der Waals surface area (Å²) in [5.74, 6) is -0.423. The third-order valence-corrected chi connectivity index (χ3v) is 3.09. The number of hydrogen-bond acceptors (Lipinski definition) is 5. The minimum atomic E-state index is -0.423. The second-order valence-electron chi connectivity index (χ2n) is 4.87. The van der Waals surface area contributed by atoms with E-state index in [0.29, 0.717) is 16.9 Å². The van der Waals surface area contributed by atoms with Crippen LogP contribution in [0.25, 0.3) is 0 Å². The van der Waals surface area contributed by atoms with Crippen LogP contribution >= 0.6 is 0 Å². The zero-order chi connectivity index (χ0) is 15.4. The molecule has 0 aliphatic rings. The van der Waals surface area contributed by atoms with Gasteiger partial charge in [-0.25, -0.2) is 4.79 Å². The second-order valence-corrected chi connectivity index (χ2v) is 4.87. The maximum Gasteiger partial charge on any atom is 0.340 e. The third-order valence-electron chi connectivity index (χ3n) is 3.09. The van der Waals surface area contributed by atoms with E-state index in [4.69, 9.17) is 10.5 Å². The molecule has 0 heterocycles. The van der Waals surface area contributed by atoms with Gasteiger partial charge in [-0.3, -0.25) is 0 Å². The van der Waals surface area contributed by atoms with E-state index in [-0.39, 0.29) is 0 Å². The largest absolute Gasteiger partial charge is 0.465 e. The van der Waals surface area contributed by atoms with Crippen molar-refractivity contribution in [3.63, 3.8) is 0 Å². The zero-order valence-electron chi connectivity index (χ0n) is 12.4. The number of nitrogen functional groups attached to an aromatic ring is 1. The second kappa shape index (κ2) is 6.17. The predicted octanol–water partition coefficient (Wildman–Crippen LogP) is 2.87. The highest BCUT2D eigenvalue weighted by molar-refractivity contribution is 5.97. The van der Waals surface area contributed by atoms with Crippen LogP contribution < -0.4 is 16.0 Å². The number of rotatable bonds is 4. The SMILES string of the molecule is COC(=O)c1cc(N)ccc1Nc1cccc(N(C)C)c1. The van der Waals surface area contributed by atoms with Crippen LogP contribution in [0.15, 0.2) is 42.5 Å². The van der Waals surface area contributed by atoms with Gasteiger partial charge in [-0.2, -0.15) is 0 Å². The Morgan fingerprint density at radius 3 is 2.62 bits per heavy atom. The fourth-order valence-corrected chi connectivity index (χ4v) is 1.97. The molecule has 21 heavy (non-hydrogen) atoms. The molecule has 0 unspecified atom stereocenters. The molecule has 0 radical (unpaired) electrons. The Labute approximate surface area is 124 Å². The zero-order valence-corrected chi connectivity index (χ0v) is 12.4. The van der Waals surface area contributed by atoms with Crippen molar-refractivity contribution in [3.8, 4) is 0 Å². The van der Waals surface area contributed by atoms with E-state index in [9.17, 15) is 4.79 Å². The van der Waals surface area contributed by atoms with E-state index in [1.165, 1.54) is 7.11 Å². The Morgan fingerprint density at radius 2 is 1.95 bits per heavy atom. The van der Waals surface area contributed by atoms with Crippen LogP contribution in [0.3, 0.4) is 0 Å². The predicted molar refractivity (Wildman–Crippen MR) is 86.2 cm³/mol. The van der Waals surface area contributed by atoms with Crippen LogP contribution in [-0.2, 0) is 4.74 Å². The van der Waals surface area contributed by atoms with Crippen LogP contribution in [0, 0.1) is 0 Å². The minimum absolute atomic E-state index is 0.410. The third kappa shape index (κ3) is 3.45. The lowest BCUT2D eigenvalue weighted by Crippen LogP contribution is -2.09. The number of nitrogens with one attached hydrogen (secondary N) is 1. The summed E-state index contributed by atoms with van der Waals surface area (Å²) in [6, 6.07) is 13.0. The molecule has 0 saturated carbocycles. The maximum absolute atomic E-state index is 11.8. The molecule has 0 aliphatic carbocycles. The van der Waals surface area contributed by atoms with Crippen LogP contribution in [-0.4, -0.2) is 27.2 Å². The average Bonchev–Trinajstić information content (AvgIpc) is 2.48. The average molecular weight is 285 g/mol. The number of nitrogens with two attached hydrogens (primary N) is 1. The van der Waals surface area contributed by atoms with Crippen LogP contribution in [0.4, 0.5) is 22.7 Å². The first-order valence-electron chi connectivity index (χ1n) is 6.53. The Morgan fingerprint density at radius 1 is 1.19 bits per heavy atom. The molecule has 5 nitrogen and oxygen atoms in total. The number of ether oxygens (including phenoxy) is 1. The van der Waals surface area contributed by atoms with Gasteiger partial charge < -0.3 is 20.7 Å². The van der Waals surface area contributed by atoms with Crippen molar-refractivity contribution >= 4 is 28.7 Å². The Bertz CT molecular complexity index is 654. The van der Waals surface area contributed by atoms with Gasteiger partial charge in [0, 0.05) is 31.2 Å². The highest BCUT2D eigenvalue weighted by Gasteiger charge is 2.12. The summed E-state index contributed by atoms with van der Waals surface area (Å²) in [5.41, 5.74) is 9.27. The summed E-state index contributed by atoms with van der Waals surface area (Å²) in [6.45, 7) is 0. The van der Waals surface area contributed by atoms with Gasteiger partial charge in [0.05, 0.1) is 18.4 Å². The van der Waals surface area contributed by atoms with Crippen molar-refractivity contribution in [2.24, 2.45) is 0 Å². The van der Waals surface area contributed by atoms with E-state index in [1.54, 1.807) is 18.2 Å². The van der Waals surface area contributed by atoms with E-state index in [2.05, 4.69) is 5.32 Å². The molecule has 0 amide bonds. The van der Waals surface area contributed by atoms with Crippen molar-refractivity contribution < 1.29 is 9.53 Å². The van der Waals surface area contributed by atoms with Gasteiger partial charge in [0.25, 0.3) is 0 Å². The highest BCUT2D eigenvalue weighted by atomic mass is 16.5. The summed E-state index contributed by atoms with van der Waals surface area (Å²) in [5, 5.41) is 3.23. The molecule has 2 aromatic carbocycles. The molecule has 0 atom stereocenters. The van der Waals surface area contributed by atoms with Crippen molar-refractivity contribution in [1.82, 2.24) is 0 Å². The normalized spacial score (nSPS) is 10.0. The quantitative estimate of drug-likeness (QED) is 0.668. The first kappa shape index (κ1) is 14.7. The molecule has 2 rings (SSSR count). The molecule has 5 heteroatoms. The number of benzene rings is 2. The Kier molecular flexibility index (Phi) is 4.33. The van der Waals surface area contributed by atoms with E-state index < -0.39 is 5.97 Å². The number of anilines is 4. The molecule has 0 saturated heterocycles. The summed E-state index contributed by atoms with van der Waals surface area (Å²) < 4.78 is 4.79. The topological polar surface area (TPSA) is 67.6 Å². The summed E-state index contributed by atoms with van der Waals surface area (Å²) in [6.07, 6.45) is 0. The molecule has 0 aliphatic heterocycles. The Balaban J connectivity index is 2.35. The lowest BCUT2D eigenvalue weighted by molar-refractivity contribution is 0.0602. The Hall–Kier alpha value is -2.69. The molecular weight excluding hydrogens is 266 g/mol. The number of carbonyl (C=O) groups excluding carboxylic acids is 1. The molecule has 0 bridgehead atoms. The van der Waals surface area contributed by atoms with Crippen LogP contribution in [0.5, 0.6) is 0 Å². The molecule has 0 fully saturated rings. The lowest BCUT2D eigenvalue weighted by Gasteiger charge is -2.16. The maximum atomic E-state index is 11.8. The van der Waals surface area contributed by atoms with E-state index >= 15 is 0 Å². The standard InChI is InChI=1S/C16H19N3O2/c1-19(2)13-6-4-5-12(10-13)18-15-8-7-11(17)9-14(15)16(20)21-3/h4-10,18H,17H2,1-3H3. The molecular formula is C16H19N3O2. The van der Waals surface area contributed by atoms with Gasteiger partial charge in [-0.15, -0.1) is 0 Å². The number of methoxy groups -OCH3 is 1. The monoisotopic (exact) mass is 285 g/mol. The number of hydrogen-bond donors (Lipinski definition) is 2. The van der Waals surface area contributed by atoms with Gasteiger partial charge in [0.2, 0.25) is 0 Å². The summed E-state index contributed by atoms with van der Waals surface area (Å²) in [4.78, 5) is 13.8. The van der Waals surface area contributed by atoms with E-state index in [1.807, 2.05) is 43.3 Å². The molecule has 3 N–H and O–H groups in total. The molecule has 110 valence electrons. The van der Waals surface area contributed by atoms with Crippen molar-refractivity contribution in [3.05, 3.63) is 48.0 Å². The fourth-order valence-electron chi connectivity index (χ4n) is 1.97. The first-order valence-corrected chi connectivity index (χ1v) is 6.53. The number of esters is 1. The smallest absolute Gasteiger partial charge is 0.340 e. The van der Waals surface area contributed by atoms with Gasteiger partial charge >= 0.3 is 5.97 Å². The number of nitrogens with zero attached hydrogens (tertiary/aromatic N) is 1. The number of carbonyl (C=O) groups is 1. The fraction of sp³-hybridized carbons (Fsp3) is 0.188. The summed E-state index contributed by atoms with van der Waals surface area (Å²) >= 11 is 0. The van der Waals surface area contributed by atoms with Crippen LogP contribution in [0.2, 0.25) is 0 Å². The lowest BCUT2D eigenvalue weighted by atomic mass is 10.1. The van der Waals surface area contributed by atoms with Gasteiger partial charge in [-0.05, 0) is 36.4 Å². The molecule has 0 spiro atoms. The minimum Gasteiger partial charge on any atom is -0.465 e. The molecule has 0 aromatic heterocycles. The highest BCUT2D eigenvalue weighted by Crippen LogP contribution is 2.26. The van der Waals surface area contributed by atoms with Crippen molar-refractivity contribution in [2.45, 2.75) is 0 Å². The first-order chi connectivity index (χ1) is 10.0. The summed E-state index contributed by atoms with van der Waals surface area (Å²) in [7, 11) is 5.30. The van der Waals surface area contributed by atoms with Crippen LogP contribution in [0.1, 0.15) is 10.4 Å².